The number of aromatic nitrogens is 2. The highest BCUT2D eigenvalue weighted by Crippen LogP contribution is 2.29. The first kappa shape index (κ1) is 14.9. The van der Waals surface area contributed by atoms with E-state index >= 15 is 0 Å². The second-order valence-electron chi connectivity index (χ2n) is 5.30. The number of hydrogen-bond donors (Lipinski definition) is 1. The smallest absolute Gasteiger partial charge is 0.119 e. The van der Waals surface area contributed by atoms with Crippen LogP contribution in [0, 0.1) is 6.92 Å². The highest BCUT2D eigenvalue weighted by molar-refractivity contribution is 6.31. The lowest BCUT2D eigenvalue weighted by Crippen LogP contribution is -2.36. The molecule has 1 unspecified atom stereocenters. The fourth-order valence-corrected chi connectivity index (χ4v) is 2.53. The molecule has 1 aromatic carbocycles. The van der Waals surface area contributed by atoms with Crippen LogP contribution in [0.4, 0.5) is 0 Å². The molecule has 2 rings (SSSR count). The molecular formula is C15H20ClN3O. The minimum absolute atomic E-state index is 0.543. The maximum Gasteiger partial charge on any atom is 0.119 e. The Labute approximate surface area is 124 Å². The number of ether oxygens (including phenoxy) is 1. The van der Waals surface area contributed by atoms with E-state index in [2.05, 4.69) is 5.10 Å². The van der Waals surface area contributed by atoms with Gasteiger partial charge in [-0.15, -0.1) is 0 Å². The van der Waals surface area contributed by atoms with Gasteiger partial charge >= 0.3 is 0 Å². The van der Waals surface area contributed by atoms with Crippen molar-refractivity contribution in [3.05, 3.63) is 46.2 Å². The van der Waals surface area contributed by atoms with Crippen LogP contribution in [0.2, 0.25) is 5.02 Å². The van der Waals surface area contributed by atoms with E-state index in [1.165, 1.54) is 0 Å². The number of rotatable bonds is 4. The van der Waals surface area contributed by atoms with Crippen molar-refractivity contribution in [1.29, 1.82) is 0 Å². The summed E-state index contributed by atoms with van der Waals surface area (Å²) in [4.78, 5) is 0. The third kappa shape index (κ3) is 2.81. The van der Waals surface area contributed by atoms with E-state index in [1.807, 2.05) is 45.2 Å². The Morgan fingerprint density at radius 3 is 2.70 bits per heavy atom. The first-order valence-corrected chi connectivity index (χ1v) is 6.84. The Kier molecular flexibility index (Phi) is 4.06. The molecule has 0 radical (unpaired) electrons. The van der Waals surface area contributed by atoms with Gasteiger partial charge in [-0.3, -0.25) is 4.68 Å². The quantitative estimate of drug-likeness (QED) is 0.943. The van der Waals surface area contributed by atoms with Gasteiger partial charge in [0.2, 0.25) is 0 Å². The van der Waals surface area contributed by atoms with Crippen LogP contribution in [0.15, 0.2) is 24.3 Å². The van der Waals surface area contributed by atoms with Gasteiger partial charge in [0.1, 0.15) is 5.75 Å². The summed E-state index contributed by atoms with van der Waals surface area (Å²) < 4.78 is 7.05. The van der Waals surface area contributed by atoms with Crippen molar-refractivity contribution < 1.29 is 4.74 Å². The SMILES string of the molecule is COc1cccc(C(C)(N)Cc2c(Cl)c(C)nn2C)c1. The van der Waals surface area contributed by atoms with E-state index < -0.39 is 5.54 Å². The van der Waals surface area contributed by atoms with E-state index in [0.29, 0.717) is 11.4 Å². The van der Waals surface area contributed by atoms with Gasteiger partial charge in [-0.1, -0.05) is 23.7 Å². The number of methoxy groups -OCH3 is 1. The zero-order valence-corrected chi connectivity index (χ0v) is 13.0. The molecule has 0 spiro atoms. The van der Waals surface area contributed by atoms with Crippen molar-refractivity contribution >= 4 is 11.6 Å². The molecular weight excluding hydrogens is 274 g/mol. The number of halogens is 1. The van der Waals surface area contributed by atoms with Crippen molar-refractivity contribution in [2.45, 2.75) is 25.8 Å². The first-order valence-electron chi connectivity index (χ1n) is 6.46. The summed E-state index contributed by atoms with van der Waals surface area (Å²) in [5.74, 6) is 0.798. The van der Waals surface area contributed by atoms with E-state index in [9.17, 15) is 0 Å². The molecule has 2 aromatic rings. The second-order valence-corrected chi connectivity index (χ2v) is 5.67. The molecule has 1 aromatic heterocycles. The van der Waals surface area contributed by atoms with Gasteiger partial charge in [0.05, 0.1) is 23.5 Å². The van der Waals surface area contributed by atoms with Crippen LogP contribution < -0.4 is 10.5 Å². The molecule has 0 aliphatic carbocycles. The van der Waals surface area contributed by atoms with Crippen LogP contribution in [0.1, 0.15) is 23.9 Å². The molecule has 0 aliphatic rings. The second kappa shape index (κ2) is 5.46. The summed E-state index contributed by atoms with van der Waals surface area (Å²) in [5.41, 5.74) is 8.71. The Morgan fingerprint density at radius 1 is 1.45 bits per heavy atom. The average molecular weight is 294 g/mol. The minimum atomic E-state index is -0.543. The molecule has 1 atom stereocenters. The lowest BCUT2D eigenvalue weighted by atomic mass is 9.88. The summed E-state index contributed by atoms with van der Waals surface area (Å²) >= 11 is 6.30. The Morgan fingerprint density at radius 2 is 2.15 bits per heavy atom. The predicted molar refractivity (Wildman–Crippen MR) is 81.2 cm³/mol. The van der Waals surface area contributed by atoms with Gasteiger partial charge in [-0.2, -0.15) is 5.10 Å². The third-order valence-electron chi connectivity index (χ3n) is 3.53. The normalized spacial score (nSPS) is 14.1. The van der Waals surface area contributed by atoms with Crippen molar-refractivity contribution in [2.75, 3.05) is 7.11 Å². The van der Waals surface area contributed by atoms with Gasteiger partial charge in [0, 0.05) is 19.0 Å². The average Bonchev–Trinajstić information content (AvgIpc) is 2.65. The molecule has 0 saturated heterocycles. The largest absolute Gasteiger partial charge is 0.497 e. The van der Waals surface area contributed by atoms with Crippen LogP contribution in [0.3, 0.4) is 0 Å². The van der Waals surface area contributed by atoms with E-state index in [4.69, 9.17) is 22.1 Å². The standard InChI is InChI=1S/C15H20ClN3O/c1-10-14(16)13(19(3)18-10)9-15(2,17)11-6-5-7-12(8-11)20-4/h5-8H,9,17H2,1-4H3. The Bertz CT molecular complexity index is 620. The van der Waals surface area contributed by atoms with Gasteiger partial charge < -0.3 is 10.5 Å². The molecule has 1 heterocycles. The monoisotopic (exact) mass is 293 g/mol. The van der Waals surface area contributed by atoms with E-state index in [-0.39, 0.29) is 0 Å². The fourth-order valence-electron chi connectivity index (χ4n) is 2.30. The van der Waals surface area contributed by atoms with Gasteiger partial charge in [-0.05, 0) is 31.5 Å². The molecule has 0 fully saturated rings. The molecule has 0 bridgehead atoms. The molecule has 20 heavy (non-hydrogen) atoms. The van der Waals surface area contributed by atoms with Crippen LogP contribution in [0.5, 0.6) is 5.75 Å². The first-order chi connectivity index (χ1) is 9.35. The number of nitrogens with zero attached hydrogens (tertiary/aromatic N) is 2. The molecule has 4 nitrogen and oxygen atoms in total. The van der Waals surface area contributed by atoms with E-state index in [1.54, 1.807) is 11.8 Å². The molecule has 0 saturated carbocycles. The predicted octanol–water partition coefficient (Wildman–Crippen LogP) is 2.81. The van der Waals surface area contributed by atoms with Crippen LogP contribution >= 0.6 is 11.6 Å². The topological polar surface area (TPSA) is 53.1 Å². The number of aryl methyl sites for hydroxylation is 2. The lowest BCUT2D eigenvalue weighted by molar-refractivity contribution is 0.409. The minimum Gasteiger partial charge on any atom is -0.497 e. The van der Waals surface area contributed by atoms with Crippen molar-refractivity contribution in [2.24, 2.45) is 12.8 Å². The fraction of sp³-hybridized carbons (Fsp3) is 0.400. The van der Waals surface area contributed by atoms with Gasteiger partial charge in [0.25, 0.3) is 0 Å². The molecule has 2 N–H and O–H groups in total. The van der Waals surface area contributed by atoms with Crippen molar-refractivity contribution in [3.8, 4) is 5.75 Å². The Hall–Kier alpha value is -1.52. The maximum atomic E-state index is 6.49. The van der Waals surface area contributed by atoms with E-state index in [0.717, 1.165) is 22.7 Å². The van der Waals surface area contributed by atoms with Crippen LogP contribution in [-0.4, -0.2) is 16.9 Å². The number of benzene rings is 1. The maximum absolute atomic E-state index is 6.49. The molecule has 0 amide bonds. The van der Waals surface area contributed by atoms with Crippen LogP contribution in [-0.2, 0) is 19.0 Å². The van der Waals surface area contributed by atoms with Gasteiger partial charge in [0.15, 0.2) is 0 Å². The van der Waals surface area contributed by atoms with Crippen molar-refractivity contribution in [3.63, 3.8) is 0 Å². The zero-order valence-electron chi connectivity index (χ0n) is 12.3. The number of nitrogens with two attached hydrogens (primary N) is 1. The van der Waals surface area contributed by atoms with Gasteiger partial charge in [-0.25, -0.2) is 0 Å². The summed E-state index contributed by atoms with van der Waals surface area (Å²) in [5, 5.41) is 5.01. The number of hydrogen-bond acceptors (Lipinski definition) is 3. The summed E-state index contributed by atoms with van der Waals surface area (Å²) in [6, 6.07) is 7.80. The molecule has 108 valence electrons. The molecule has 5 heteroatoms. The third-order valence-corrected chi connectivity index (χ3v) is 4.02. The zero-order chi connectivity index (χ0) is 14.9. The lowest BCUT2D eigenvalue weighted by Gasteiger charge is -2.26. The Balaban J connectivity index is 2.34. The summed E-state index contributed by atoms with van der Waals surface area (Å²) in [7, 11) is 3.53. The highest BCUT2D eigenvalue weighted by atomic mass is 35.5. The summed E-state index contributed by atoms with van der Waals surface area (Å²) in [6.45, 7) is 3.88. The van der Waals surface area contributed by atoms with Crippen LogP contribution in [0.25, 0.3) is 0 Å². The van der Waals surface area contributed by atoms with Crippen molar-refractivity contribution in [1.82, 2.24) is 9.78 Å². The highest BCUT2D eigenvalue weighted by Gasteiger charge is 2.26. The summed E-state index contributed by atoms with van der Waals surface area (Å²) in [6.07, 6.45) is 0.607. The molecule has 0 aliphatic heterocycles.